The van der Waals surface area contributed by atoms with E-state index in [9.17, 15) is 0 Å². The van der Waals surface area contributed by atoms with Gasteiger partial charge in [-0.2, -0.15) is 0 Å². The Morgan fingerprint density at radius 3 is 2.26 bits per heavy atom. The number of nitrogens with two attached hydrogens (primary N) is 1. The summed E-state index contributed by atoms with van der Waals surface area (Å²) in [7, 11) is 0. The van der Waals surface area contributed by atoms with E-state index in [2.05, 4.69) is 48.1 Å². The Kier molecular flexibility index (Phi) is 4.63. The van der Waals surface area contributed by atoms with E-state index >= 15 is 0 Å². The molecule has 1 heterocycles. The SMILES string of the molecule is CCC(N)Cc1cnc(Cc2ccc(C)cc2)nc1. The quantitative estimate of drug-likeness (QED) is 0.893. The maximum atomic E-state index is 5.93. The fourth-order valence-electron chi connectivity index (χ4n) is 1.91. The van der Waals surface area contributed by atoms with Crippen LogP contribution in [-0.4, -0.2) is 16.0 Å². The molecule has 2 aromatic rings. The summed E-state index contributed by atoms with van der Waals surface area (Å²) in [6.07, 6.45) is 6.39. The first kappa shape index (κ1) is 13.7. The largest absolute Gasteiger partial charge is 0.327 e. The molecule has 0 fully saturated rings. The molecule has 0 saturated heterocycles. The van der Waals surface area contributed by atoms with Gasteiger partial charge in [0.25, 0.3) is 0 Å². The number of nitrogens with zero attached hydrogens (tertiary/aromatic N) is 2. The zero-order valence-electron chi connectivity index (χ0n) is 11.6. The maximum absolute atomic E-state index is 5.93. The lowest BCUT2D eigenvalue weighted by atomic mass is 10.1. The van der Waals surface area contributed by atoms with E-state index in [1.165, 1.54) is 11.1 Å². The highest BCUT2D eigenvalue weighted by molar-refractivity contribution is 5.24. The van der Waals surface area contributed by atoms with Crippen LogP contribution in [0.2, 0.25) is 0 Å². The molecule has 3 heteroatoms. The number of hydrogen-bond donors (Lipinski definition) is 1. The van der Waals surface area contributed by atoms with Gasteiger partial charge in [-0.3, -0.25) is 0 Å². The van der Waals surface area contributed by atoms with Gasteiger partial charge in [-0.05, 0) is 30.9 Å². The maximum Gasteiger partial charge on any atom is 0.132 e. The summed E-state index contributed by atoms with van der Waals surface area (Å²) in [5.41, 5.74) is 9.55. The van der Waals surface area contributed by atoms with E-state index in [4.69, 9.17) is 5.73 Å². The van der Waals surface area contributed by atoms with Gasteiger partial charge < -0.3 is 5.73 Å². The molecule has 100 valence electrons. The smallest absolute Gasteiger partial charge is 0.132 e. The average molecular weight is 255 g/mol. The van der Waals surface area contributed by atoms with Crippen molar-refractivity contribution in [1.82, 2.24) is 9.97 Å². The highest BCUT2D eigenvalue weighted by Gasteiger charge is 2.04. The fourth-order valence-corrected chi connectivity index (χ4v) is 1.91. The van der Waals surface area contributed by atoms with Crippen molar-refractivity contribution in [1.29, 1.82) is 0 Å². The van der Waals surface area contributed by atoms with Gasteiger partial charge >= 0.3 is 0 Å². The van der Waals surface area contributed by atoms with Crippen LogP contribution in [0.5, 0.6) is 0 Å². The van der Waals surface area contributed by atoms with Crippen LogP contribution in [0.3, 0.4) is 0 Å². The molecule has 0 aliphatic rings. The summed E-state index contributed by atoms with van der Waals surface area (Å²) < 4.78 is 0. The molecule has 0 bridgehead atoms. The van der Waals surface area contributed by atoms with Crippen LogP contribution < -0.4 is 5.73 Å². The molecule has 0 radical (unpaired) electrons. The second-order valence-electron chi connectivity index (χ2n) is 5.04. The lowest BCUT2D eigenvalue weighted by Crippen LogP contribution is -2.21. The number of aryl methyl sites for hydroxylation is 1. The van der Waals surface area contributed by atoms with Crippen LogP contribution in [0.25, 0.3) is 0 Å². The summed E-state index contributed by atoms with van der Waals surface area (Å²) in [5, 5.41) is 0. The third-order valence-corrected chi connectivity index (χ3v) is 3.26. The summed E-state index contributed by atoms with van der Waals surface area (Å²) in [5.74, 6) is 0.859. The zero-order chi connectivity index (χ0) is 13.7. The summed E-state index contributed by atoms with van der Waals surface area (Å²) in [4.78, 5) is 8.83. The first-order chi connectivity index (χ1) is 9.17. The number of hydrogen-bond acceptors (Lipinski definition) is 3. The molecule has 2 N–H and O–H groups in total. The van der Waals surface area contributed by atoms with Gasteiger partial charge in [0.1, 0.15) is 5.82 Å². The van der Waals surface area contributed by atoms with Crippen LogP contribution in [0.1, 0.15) is 35.9 Å². The minimum absolute atomic E-state index is 0.201. The average Bonchev–Trinajstić information content (AvgIpc) is 2.43. The van der Waals surface area contributed by atoms with Crippen LogP contribution in [0.4, 0.5) is 0 Å². The van der Waals surface area contributed by atoms with Crippen LogP contribution in [0, 0.1) is 6.92 Å². The lowest BCUT2D eigenvalue weighted by molar-refractivity contribution is 0.642. The van der Waals surface area contributed by atoms with Gasteiger partial charge in [-0.1, -0.05) is 36.8 Å². The lowest BCUT2D eigenvalue weighted by Gasteiger charge is -2.08. The minimum atomic E-state index is 0.201. The third-order valence-electron chi connectivity index (χ3n) is 3.26. The second-order valence-corrected chi connectivity index (χ2v) is 5.04. The van der Waals surface area contributed by atoms with E-state index in [1.807, 2.05) is 12.4 Å². The Balaban J connectivity index is 2.00. The first-order valence-electron chi connectivity index (χ1n) is 6.78. The molecule has 1 aromatic carbocycles. The Bertz CT molecular complexity index is 503. The predicted octanol–water partition coefficient (Wildman–Crippen LogP) is 2.66. The molecule has 1 aromatic heterocycles. The Morgan fingerprint density at radius 1 is 1.05 bits per heavy atom. The van der Waals surface area contributed by atoms with Crippen molar-refractivity contribution >= 4 is 0 Å². The Labute approximate surface area is 114 Å². The van der Waals surface area contributed by atoms with Crippen LogP contribution in [-0.2, 0) is 12.8 Å². The molecule has 0 aliphatic carbocycles. The summed E-state index contributed by atoms with van der Waals surface area (Å²) >= 11 is 0. The highest BCUT2D eigenvalue weighted by atomic mass is 14.9. The minimum Gasteiger partial charge on any atom is -0.327 e. The monoisotopic (exact) mass is 255 g/mol. The number of aromatic nitrogens is 2. The van der Waals surface area contributed by atoms with Crippen molar-refractivity contribution < 1.29 is 0 Å². The van der Waals surface area contributed by atoms with Gasteiger partial charge in [-0.15, -0.1) is 0 Å². The van der Waals surface area contributed by atoms with Gasteiger partial charge in [0.05, 0.1) is 0 Å². The van der Waals surface area contributed by atoms with Crippen molar-refractivity contribution in [2.45, 2.75) is 39.2 Å². The van der Waals surface area contributed by atoms with E-state index in [0.717, 1.165) is 30.7 Å². The van der Waals surface area contributed by atoms with E-state index < -0.39 is 0 Å². The van der Waals surface area contributed by atoms with Crippen molar-refractivity contribution in [2.24, 2.45) is 5.73 Å². The Hall–Kier alpha value is -1.74. The van der Waals surface area contributed by atoms with E-state index in [1.54, 1.807) is 0 Å². The molecule has 19 heavy (non-hydrogen) atoms. The topological polar surface area (TPSA) is 51.8 Å². The molecule has 0 saturated carbocycles. The third kappa shape index (κ3) is 4.14. The fraction of sp³-hybridized carbons (Fsp3) is 0.375. The zero-order valence-corrected chi connectivity index (χ0v) is 11.6. The molecule has 1 unspecified atom stereocenters. The predicted molar refractivity (Wildman–Crippen MR) is 78.0 cm³/mol. The highest BCUT2D eigenvalue weighted by Crippen LogP contribution is 2.08. The van der Waals surface area contributed by atoms with Crippen molar-refractivity contribution in [2.75, 3.05) is 0 Å². The van der Waals surface area contributed by atoms with Gasteiger partial charge in [0.2, 0.25) is 0 Å². The van der Waals surface area contributed by atoms with Gasteiger partial charge in [0, 0.05) is 24.9 Å². The summed E-state index contributed by atoms with van der Waals surface area (Å²) in [6.45, 7) is 4.18. The van der Waals surface area contributed by atoms with Gasteiger partial charge in [0.15, 0.2) is 0 Å². The molecule has 1 atom stereocenters. The number of benzene rings is 1. The molecule has 0 spiro atoms. The van der Waals surface area contributed by atoms with E-state index in [0.29, 0.717) is 0 Å². The molecule has 0 aliphatic heterocycles. The van der Waals surface area contributed by atoms with Crippen LogP contribution in [0.15, 0.2) is 36.7 Å². The molecule has 2 rings (SSSR count). The molecular formula is C16H21N3. The standard InChI is InChI=1S/C16H21N3/c1-3-15(17)8-14-10-18-16(19-11-14)9-13-6-4-12(2)5-7-13/h4-7,10-11,15H,3,8-9,17H2,1-2H3. The normalized spacial score (nSPS) is 12.4. The molecule has 3 nitrogen and oxygen atoms in total. The number of rotatable bonds is 5. The second kappa shape index (κ2) is 6.43. The summed E-state index contributed by atoms with van der Waals surface area (Å²) in [6, 6.07) is 8.68. The van der Waals surface area contributed by atoms with Crippen molar-refractivity contribution in [3.63, 3.8) is 0 Å². The van der Waals surface area contributed by atoms with E-state index in [-0.39, 0.29) is 6.04 Å². The van der Waals surface area contributed by atoms with Crippen molar-refractivity contribution in [3.05, 3.63) is 59.2 Å². The molecule has 0 amide bonds. The van der Waals surface area contributed by atoms with Crippen molar-refractivity contribution in [3.8, 4) is 0 Å². The Morgan fingerprint density at radius 2 is 1.68 bits per heavy atom. The van der Waals surface area contributed by atoms with Gasteiger partial charge in [-0.25, -0.2) is 9.97 Å². The van der Waals surface area contributed by atoms with Crippen LogP contribution >= 0.6 is 0 Å². The molecular weight excluding hydrogens is 234 g/mol. The first-order valence-corrected chi connectivity index (χ1v) is 6.78.